The van der Waals surface area contributed by atoms with Gasteiger partial charge in [0.15, 0.2) is 17.5 Å². The summed E-state index contributed by atoms with van der Waals surface area (Å²) in [6, 6.07) is 14.4. The summed E-state index contributed by atoms with van der Waals surface area (Å²) in [5, 5.41) is 7.99. The first-order valence-corrected chi connectivity index (χ1v) is 10.6. The molecule has 0 aliphatic rings. The lowest BCUT2D eigenvalue weighted by Crippen LogP contribution is -2.38. The average molecular weight is 425 g/mol. The van der Waals surface area contributed by atoms with E-state index in [9.17, 15) is 0 Å². The van der Waals surface area contributed by atoms with Crippen molar-refractivity contribution in [2.24, 2.45) is 4.99 Å². The number of nitrogens with zero attached hydrogens (tertiary/aromatic N) is 2. The molecule has 0 radical (unpaired) electrons. The van der Waals surface area contributed by atoms with Crippen molar-refractivity contribution in [1.82, 2.24) is 15.2 Å². The number of para-hydroxylation sites is 1. The minimum atomic E-state index is 0.459. The van der Waals surface area contributed by atoms with Crippen LogP contribution in [0.4, 0.5) is 0 Å². The maximum absolute atomic E-state index is 5.56. The third-order valence-electron chi connectivity index (χ3n) is 5.09. The second-order valence-electron chi connectivity index (χ2n) is 7.04. The molecule has 0 amide bonds. The van der Waals surface area contributed by atoms with E-state index < -0.39 is 0 Å². The van der Waals surface area contributed by atoms with Crippen molar-refractivity contribution < 1.29 is 14.2 Å². The first-order valence-electron chi connectivity index (χ1n) is 10.6. The highest BCUT2D eigenvalue weighted by atomic mass is 16.5. The number of nitrogens with one attached hydrogen (secondary N) is 2. The van der Waals surface area contributed by atoms with Gasteiger partial charge in [-0.3, -0.25) is 0 Å². The standard InChI is InChI=1S/C24H32N4O3/c1-5-25-24(26-14-8-15-28-16-13-18-9-6-7-10-20(18)28)27-17-19-11-12-21(29-2)23(31-4)22(19)30-3/h6-7,9-13,16H,5,8,14-15,17H2,1-4H3,(H2,25,26,27). The van der Waals surface area contributed by atoms with Gasteiger partial charge in [0.2, 0.25) is 5.75 Å². The van der Waals surface area contributed by atoms with Gasteiger partial charge in [0.05, 0.1) is 27.9 Å². The number of aromatic nitrogens is 1. The molecule has 31 heavy (non-hydrogen) atoms. The van der Waals surface area contributed by atoms with Crippen molar-refractivity contribution in [2.75, 3.05) is 34.4 Å². The SMILES string of the molecule is CCNC(=NCc1ccc(OC)c(OC)c1OC)NCCCn1ccc2ccccc21. The normalized spacial score (nSPS) is 11.4. The van der Waals surface area contributed by atoms with Crippen LogP contribution in [-0.4, -0.2) is 44.9 Å². The van der Waals surface area contributed by atoms with Gasteiger partial charge >= 0.3 is 0 Å². The number of rotatable bonds is 10. The Morgan fingerprint density at radius 1 is 0.935 bits per heavy atom. The maximum Gasteiger partial charge on any atom is 0.203 e. The van der Waals surface area contributed by atoms with Crippen LogP contribution in [-0.2, 0) is 13.1 Å². The van der Waals surface area contributed by atoms with E-state index in [1.165, 1.54) is 10.9 Å². The third-order valence-corrected chi connectivity index (χ3v) is 5.09. The molecule has 0 bridgehead atoms. The largest absolute Gasteiger partial charge is 0.493 e. The molecule has 2 N–H and O–H groups in total. The number of ether oxygens (including phenoxy) is 3. The van der Waals surface area contributed by atoms with E-state index in [2.05, 4.69) is 58.7 Å². The van der Waals surface area contributed by atoms with Gasteiger partial charge in [-0.1, -0.05) is 18.2 Å². The van der Waals surface area contributed by atoms with E-state index in [0.717, 1.165) is 37.6 Å². The van der Waals surface area contributed by atoms with Crippen LogP contribution in [0.15, 0.2) is 53.7 Å². The first kappa shape index (κ1) is 22.3. The van der Waals surface area contributed by atoms with Crippen LogP contribution in [0.5, 0.6) is 17.2 Å². The van der Waals surface area contributed by atoms with E-state index in [-0.39, 0.29) is 0 Å². The van der Waals surface area contributed by atoms with Crippen LogP contribution in [0, 0.1) is 0 Å². The Labute approximate surface area is 184 Å². The summed E-state index contributed by atoms with van der Waals surface area (Å²) in [4.78, 5) is 4.72. The van der Waals surface area contributed by atoms with Crippen LogP contribution < -0.4 is 24.8 Å². The van der Waals surface area contributed by atoms with Crippen molar-refractivity contribution in [2.45, 2.75) is 26.4 Å². The Bertz CT molecular complexity index is 1010. The van der Waals surface area contributed by atoms with Crippen molar-refractivity contribution in [3.63, 3.8) is 0 Å². The predicted octanol–water partition coefficient (Wildman–Crippen LogP) is 3.81. The van der Waals surface area contributed by atoms with Gasteiger partial charge in [0.1, 0.15) is 0 Å². The lowest BCUT2D eigenvalue weighted by atomic mass is 10.1. The number of methoxy groups -OCH3 is 3. The van der Waals surface area contributed by atoms with Gasteiger partial charge in [-0.05, 0) is 43.0 Å². The minimum Gasteiger partial charge on any atom is -0.493 e. The van der Waals surface area contributed by atoms with E-state index >= 15 is 0 Å². The fraction of sp³-hybridized carbons (Fsp3) is 0.375. The van der Waals surface area contributed by atoms with E-state index in [1.54, 1.807) is 21.3 Å². The summed E-state index contributed by atoms with van der Waals surface area (Å²) in [5.74, 6) is 2.63. The van der Waals surface area contributed by atoms with Crippen molar-refractivity contribution in [3.05, 3.63) is 54.2 Å². The van der Waals surface area contributed by atoms with Crippen molar-refractivity contribution in [1.29, 1.82) is 0 Å². The number of guanidine groups is 1. The van der Waals surface area contributed by atoms with E-state index in [4.69, 9.17) is 19.2 Å². The summed E-state index contributed by atoms with van der Waals surface area (Å²) < 4.78 is 18.7. The second kappa shape index (κ2) is 11.2. The summed E-state index contributed by atoms with van der Waals surface area (Å²) in [6.45, 7) is 5.07. The Morgan fingerprint density at radius 2 is 1.74 bits per heavy atom. The van der Waals surface area contributed by atoms with Gasteiger partial charge in [0.25, 0.3) is 0 Å². The fourth-order valence-corrected chi connectivity index (χ4v) is 3.59. The molecule has 3 rings (SSSR count). The number of fused-ring (bicyclic) bond motifs is 1. The van der Waals surface area contributed by atoms with Crippen LogP contribution in [0.1, 0.15) is 18.9 Å². The molecular weight excluding hydrogens is 392 g/mol. The van der Waals surface area contributed by atoms with Gasteiger partial charge in [-0.25, -0.2) is 4.99 Å². The van der Waals surface area contributed by atoms with Gasteiger partial charge in [-0.2, -0.15) is 0 Å². The van der Waals surface area contributed by atoms with E-state index in [1.807, 2.05) is 12.1 Å². The molecule has 0 saturated heterocycles. The van der Waals surface area contributed by atoms with Gasteiger partial charge in [0, 0.05) is 36.9 Å². The highest BCUT2D eigenvalue weighted by Gasteiger charge is 2.15. The predicted molar refractivity (Wildman–Crippen MR) is 125 cm³/mol. The Morgan fingerprint density at radius 3 is 2.48 bits per heavy atom. The molecule has 0 unspecified atom stereocenters. The molecule has 0 aliphatic heterocycles. The number of hydrogen-bond acceptors (Lipinski definition) is 4. The molecule has 3 aromatic rings. The molecule has 0 aliphatic carbocycles. The van der Waals surface area contributed by atoms with Gasteiger partial charge in [-0.15, -0.1) is 0 Å². The summed E-state index contributed by atoms with van der Waals surface area (Å²) in [6.07, 6.45) is 3.13. The molecule has 7 heteroatoms. The number of aryl methyl sites for hydroxylation is 1. The molecule has 2 aromatic carbocycles. The molecule has 0 saturated carbocycles. The monoisotopic (exact) mass is 424 g/mol. The summed E-state index contributed by atoms with van der Waals surface area (Å²) in [5.41, 5.74) is 2.19. The number of hydrogen-bond donors (Lipinski definition) is 2. The van der Waals surface area contributed by atoms with Crippen molar-refractivity contribution in [3.8, 4) is 17.2 Å². The molecular formula is C24H32N4O3. The maximum atomic E-state index is 5.56. The third kappa shape index (κ3) is 5.42. The molecule has 0 fully saturated rings. The molecule has 7 nitrogen and oxygen atoms in total. The van der Waals surface area contributed by atoms with Crippen molar-refractivity contribution >= 4 is 16.9 Å². The highest BCUT2D eigenvalue weighted by molar-refractivity contribution is 5.80. The zero-order valence-corrected chi connectivity index (χ0v) is 18.8. The minimum absolute atomic E-state index is 0.459. The Balaban J connectivity index is 1.61. The first-order chi connectivity index (χ1) is 15.2. The van der Waals surface area contributed by atoms with Crippen LogP contribution in [0.2, 0.25) is 0 Å². The van der Waals surface area contributed by atoms with Crippen LogP contribution in [0.25, 0.3) is 10.9 Å². The topological polar surface area (TPSA) is 69.0 Å². The fourth-order valence-electron chi connectivity index (χ4n) is 3.59. The second-order valence-corrected chi connectivity index (χ2v) is 7.04. The van der Waals surface area contributed by atoms with E-state index in [0.29, 0.717) is 23.8 Å². The summed E-state index contributed by atoms with van der Waals surface area (Å²) >= 11 is 0. The smallest absolute Gasteiger partial charge is 0.203 e. The van der Waals surface area contributed by atoms with Crippen LogP contribution >= 0.6 is 0 Å². The summed E-state index contributed by atoms with van der Waals surface area (Å²) in [7, 11) is 4.84. The number of aliphatic imine (C=N–C) groups is 1. The number of benzene rings is 2. The zero-order chi connectivity index (χ0) is 22.1. The Kier molecular flexibility index (Phi) is 8.04. The van der Waals surface area contributed by atoms with Crippen LogP contribution in [0.3, 0.4) is 0 Å². The average Bonchev–Trinajstić information content (AvgIpc) is 3.22. The lowest BCUT2D eigenvalue weighted by molar-refractivity contribution is 0.322. The molecule has 166 valence electrons. The molecule has 0 spiro atoms. The lowest BCUT2D eigenvalue weighted by Gasteiger charge is -2.16. The molecule has 1 aromatic heterocycles. The highest BCUT2D eigenvalue weighted by Crippen LogP contribution is 2.39. The van der Waals surface area contributed by atoms with Gasteiger partial charge < -0.3 is 29.4 Å². The Hall–Kier alpha value is -3.35. The zero-order valence-electron chi connectivity index (χ0n) is 18.8. The molecule has 1 heterocycles. The quantitative estimate of drug-likeness (QED) is 0.294. The molecule has 0 atom stereocenters.